The number of piperazine rings is 1. The van der Waals surface area contributed by atoms with Crippen LogP contribution in [-0.2, 0) is 27.4 Å². The number of ether oxygens (including phenoxy) is 3. The number of para-hydroxylation sites is 1. The largest absolute Gasteiger partial charge is 0.496 e. The van der Waals surface area contributed by atoms with E-state index in [1.807, 2.05) is 92.4 Å². The Labute approximate surface area is 308 Å². The Balaban J connectivity index is 1.21. The molecule has 0 saturated carbocycles. The molecule has 1 unspecified atom stereocenters. The molecular formula is C41H55N5O6. The predicted octanol–water partition coefficient (Wildman–Crippen LogP) is 5.65. The molecule has 3 aromatic carbocycles. The number of alkyl carbamates (subject to hydrolysis) is 2. The zero-order chi connectivity index (χ0) is 36.9. The first-order valence-electron chi connectivity index (χ1n) is 18.4. The number of rotatable bonds is 13. The minimum absolute atomic E-state index is 0.0466. The van der Waals surface area contributed by atoms with Crippen molar-refractivity contribution in [3.63, 3.8) is 0 Å². The van der Waals surface area contributed by atoms with Gasteiger partial charge in [0.1, 0.15) is 24.0 Å². The second kappa shape index (κ2) is 18.8. The maximum absolute atomic E-state index is 14.2. The predicted molar refractivity (Wildman–Crippen MR) is 201 cm³/mol. The molecule has 11 heteroatoms. The Bertz CT molecular complexity index is 1570. The number of benzene rings is 3. The van der Waals surface area contributed by atoms with Gasteiger partial charge in [0.25, 0.3) is 0 Å². The van der Waals surface area contributed by atoms with E-state index in [0.29, 0.717) is 19.6 Å². The Hall–Kier alpha value is -4.61. The fourth-order valence-corrected chi connectivity index (χ4v) is 6.98. The first kappa shape index (κ1) is 38.6. The Morgan fingerprint density at radius 1 is 0.788 bits per heavy atom. The average molecular weight is 714 g/mol. The molecule has 2 N–H and O–H groups in total. The van der Waals surface area contributed by atoms with Crippen molar-refractivity contribution in [2.45, 2.75) is 64.3 Å². The third-order valence-corrected chi connectivity index (χ3v) is 9.77. The number of likely N-dealkylation sites (tertiary alicyclic amines) is 1. The molecule has 5 rings (SSSR count). The van der Waals surface area contributed by atoms with Gasteiger partial charge < -0.3 is 34.6 Å². The quantitative estimate of drug-likeness (QED) is 0.234. The molecule has 0 bridgehead atoms. The maximum Gasteiger partial charge on any atom is 0.408 e. The third-order valence-electron chi connectivity index (χ3n) is 9.77. The summed E-state index contributed by atoms with van der Waals surface area (Å²) in [7, 11) is 1.68. The van der Waals surface area contributed by atoms with Crippen molar-refractivity contribution in [3.8, 4) is 5.75 Å². The maximum atomic E-state index is 14.2. The molecule has 280 valence electrons. The van der Waals surface area contributed by atoms with Gasteiger partial charge in [0.15, 0.2) is 0 Å². The Morgan fingerprint density at radius 2 is 1.42 bits per heavy atom. The second-order valence-electron chi connectivity index (χ2n) is 14.7. The number of carbonyl (C=O) groups excluding carboxylic acids is 3. The average Bonchev–Trinajstić information content (AvgIpc) is 3.15. The van der Waals surface area contributed by atoms with Gasteiger partial charge >= 0.3 is 12.2 Å². The van der Waals surface area contributed by atoms with Crippen LogP contribution in [0.5, 0.6) is 5.75 Å². The smallest absolute Gasteiger partial charge is 0.408 e. The lowest BCUT2D eigenvalue weighted by molar-refractivity contribution is -0.137. The van der Waals surface area contributed by atoms with Crippen LogP contribution in [0.25, 0.3) is 0 Å². The van der Waals surface area contributed by atoms with Gasteiger partial charge in [-0.05, 0) is 69.8 Å². The zero-order valence-corrected chi connectivity index (χ0v) is 31.1. The van der Waals surface area contributed by atoms with Gasteiger partial charge in [-0.15, -0.1) is 0 Å². The van der Waals surface area contributed by atoms with Gasteiger partial charge in [-0.1, -0.05) is 78.9 Å². The van der Waals surface area contributed by atoms with Gasteiger partial charge in [0.2, 0.25) is 5.91 Å². The van der Waals surface area contributed by atoms with Crippen LogP contribution in [0.4, 0.5) is 9.59 Å². The number of hydrogen-bond donors (Lipinski definition) is 2. The molecular weight excluding hydrogens is 658 g/mol. The van der Waals surface area contributed by atoms with Crippen LogP contribution in [0, 0.1) is 5.92 Å². The van der Waals surface area contributed by atoms with Gasteiger partial charge in [-0.3, -0.25) is 9.69 Å². The molecule has 2 saturated heterocycles. The number of piperidine rings is 1. The minimum atomic E-state index is -0.690. The summed E-state index contributed by atoms with van der Waals surface area (Å²) in [4.78, 5) is 46.5. The van der Waals surface area contributed by atoms with Gasteiger partial charge in [-0.25, -0.2) is 9.59 Å². The van der Waals surface area contributed by atoms with Gasteiger partial charge in [-0.2, -0.15) is 0 Å². The van der Waals surface area contributed by atoms with Gasteiger partial charge in [0.05, 0.1) is 7.11 Å². The van der Waals surface area contributed by atoms with Crippen molar-refractivity contribution >= 4 is 18.1 Å². The lowest BCUT2D eigenvalue weighted by Gasteiger charge is -2.40. The van der Waals surface area contributed by atoms with Crippen LogP contribution in [0.1, 0.15) is 56.2 Å². The molecule has 2 aliphatic rings. The van der Waals surface area contributed by atoms with Crippen molar-refractivity contribution in [1.29, 1.82) is 0 Å². The first-order chi connectivity index (χ1) is 25.1. The highest BCUT2D eigenvalue weighted by atomic mass is 16.6. The Kier molecular flexibility index (Phi) is 13.9. The number of methoxy groups -OCH3 is 1. The minimum Gasteiger partial charge on any atom is -0.496 e. The van der Waals surface area contributed by atoms with Crippen molar-refractivity contribution in [1.82, 2.24) is 25.3 Å². The third kappa shape index (κ3) is 11.7. The Morgan fingerprint density at radius 3 is 2.08 bits per heavy atom. The summed E-state index contributed by atoms with van der Waals surface area (Å²) in [5.74, 6) is 0.812. The topological polar surface area (TPSA) is 113 Å². The van der Waals surface area contributed by atoms with E-state index in [2.05, 4.69) is 38.6 Å². The van der Waals surface area contributed by atoms with Crippen LogP contribution in [0.15, 0.2) is 84.9 Å². The highest BCUT2D eigenvalue weighted by Crippen LogP contribution is 2.26. The van der Waals surface area contributed by atoms with Gasteiger partial charge in [0, 0.05) is 57.3 Å². The second-order valence-corrected chi connectivity index (χ2v) is 14.7. The van der Waals surface area contributed by atoms with E-state index in [0.717, 1.165) is 74.6 Å². The first-order valence-corrected chi connectivity index (χ1v) is 18.4. The highest BCUT2D eigenvalue weighted by Gasteiger charge is 2.37. The number of amides is 3. The summed E-state index contributed by atoms with van der Waals surface area (Å²) in [5.41, 5.74) is 2.57. The van der Waals surface area contributed by atoms with E-state index in [1.54, 1.807) is 7.11 Å². The van der Waals surface area contributed by atoms with E-state index in [9.17, 15) is 14.4 Å². The number of hydrogen-bond acceptors (Lipinski definition) is 8. The summed E-state index contributed by atoms with van der Waals surface area (Å²) in [6.45, 7) is 11.7. The fraction of sp³-hybridized carbons (Fsp3) is 0.488. The fourth-order valence-electron chi connectivity index (χ4n) is 6.98. The molecule has 11 nitrogen and oxygen atoms in total. The van der Waals surface area contributed by atoms with E-state index >= 15 is 0 Å². The molecule has 2 fully saturated rings. The van der Waals surface area contributed by atoms with Crippen molar-refractivity contribution in [3.05, 3.63) is 102 Å². The van der Waals surface area contributed by atoms with Crippen LogP contribution in [-0.4, -0.2) is 104 Å². The number of carbonyl (C=O) groups is 3. The van der Waals surface area contributed by atoms with Crippen LogP contribution in [0.2, 0.25) is 0 Å². The molecule has 3 amide bonds. The SMILES string of the molecule is COc1ccccc1CN1CCN(C(=O)[C@H](NC(=O)OCc2ccccc2)C2CCN(CC(CNC(=O)OC(C)(C)C)c3ccccc3)CC2)CC1. The van der Waals surface area contributed by atoms with Crippen LogP contribution in [0.3, 0.4) is 0 Å². The lowest BCUT2D eigenvalue weighted by atomic mass is 9.87. The van der Waals surface area contributed by atoms with Crippen molar-refractivity contribution in [2.75, 3.05) is 59.5 Å². The normalized spacial score (nSPS) is 17.1. The molecule has 0 spiro atoms. The lowest BCUT2D eigenvalue weighted by Crippen LogP contribution is -2.58. The summed E-state index contributed by atoms with van der Waals surface area (Å²) in [6.07, 6.45) is 0.463. The molecule has 2 heterocycles. The molecule has 0 aromatic heterocycles. The number of nitrogens with one attached hydrogen (secondary N) is 2. The molecule has 52 heavy (non-hydrogen) atoms. The number of nitrogens with zero attached hydrogens (tertiary/aromatic N) is 3. The molecule has 2 atom stereocenters. The highest BCUT2D eigenvalue weighted by molar-refractivity contribution is 5.86. The monoisotopic (exact) mass is 713 g/mol. The van der Waals surface area contributed by atoms with E-state index in [-0.39, 0.29) is 24.3 Å². The van der Waals surface area contributed by atoms with Crippen LogP contribution >= 0.6 is 0 Å². The molecule has 3 aromatic rings. The van der Waals surface area contributed by atoms with E-state index in [4.69, 9.17) is 14.2 Å². The summed E-state index contributed by atoms with van der Waals surface area (Å²) >= 11 is 0. The summed E-state index contributed by atoms with van der Waals surface area (Å²) < 4.78 is 16.6. The van der Waals surface area contributed by atoms with Crippen LogP contribution < -0.4 is 15.4 Å². The zero-order valence-electron chi connectivity index (χ0n) is 31.1. The molecule has 2 aliphatic heterocycles. The van der Waals surface area contributed by atoms with Crippen molar-refractivity contribution in [2.24, 2.45) is 5.92 Å². The molecule has 0 aliphatic carbocycles. The summed E-state index contributed by atoms with van der Waals surface area (Å²) in [5, 5.41) is 5.95. The van der Waals surface area contributed by atoms with Crippen molar-refractivity contribution < 1.29 is 28.6 Å². The summed E-state index contributed by atoms with van der Waals surface area (Å²) in [6, 6.07) is 27.1. The van der Waals surface area contributed by atoms with E-state index < -0.39 is 23.8 Å². The standard InChI is InChI=1S/C41H55N5O6/c1-41(2,3)52-39(48)42-27-35(32-15-9-6-10-16-32)29-44-21-19-33(20-22-44)37(43-40(49)51-30-31-13-7-5-8-14-31)38(47)46-25-23-45(24-26-46)28-34-17-11-12-18-36(34)50-4/h5-18,33,35,37H,19-30H2,1-4H3,(H,42,48)(H,43,49)/t35?,37-/m1/s1. The molecule has 0 radical (unpaired) electrons. The van der Waals surface area contributed by atoms with E-state index in [1.165, 1.54) is 0 Å².